The number of aromatic hydroxyl groups is 2. The van der Waals surface area contributed by atoms with Gasteiger partial charge in [0, 0.05) is 23.8 Å². The van der Waals surface area contributed by atoms with Crippen LogP contribution in [0.1, 0.15) is 13.8 Å². The molecule has 6 heteroatoms. The van der Waals surface area contributed by atoms with Gasteiger partial charge in [-0.25, -0.2) is 0 Å². The van der Waals surface area contributed by atoms with Gasteiger partial charge in [-0.2, -0.15) is 0 Å². The average Bonchev–Trinajstić information content (AvgIpc) is 2.60. The van der Waals surface area contributed by atoms with Crippen molar-refractivity contribution in [2.45, 2.75) is 13.8 Å². The number of ether oxygens (including phenoxy) is 2. The zero-order valence-electron chi connectivity index (χ0n) is 15.3. The molecular weight excluding hydrogens is 348 g/mol. The van der Waals surface area contributed by atoms with Crippen molar-refractivity contribution in [2.24, 2.45) is 0 Å². The van der Waals surface area contributed by atoms with Crippen LogP contribution in [0.2, 0.25) is 0 Å². The summed E-state index contributed by atoms with van der Waals surface area (Å²) >= 11 is 0. The van der Waals surface area contributed by atoms with Crippen molar-refractivity contribution in [1.29, 1.82) is 0 Å². The number of phenolic OH excluding ortho intramolecular Hbond substituents is 2. The van der Waals surface area contributed by atoms with Crippen molar-refractivity contribution in [2.75, 3.05) is 13.7 Å². The molecule has 2 aromatic carbocycles. The number of fused-ring (bicyclic) bond motifs is 1. The summed E-state index contributed by atoms with van der Waals surface area (Å²) < 4.78 is 16.8. The number of methoxy groups -OCH3 is 1. The molecule has 0 aliphatic carbocycles. The fourth-order valence-corrected chi connectivity index (χ4v) is 2.64. The highest BCUT2D eigenvalue weighted by molar-refractivity contribution is 5.86. The van der Waals surface area contributed by atoms with E-state index in [1.165, 1.54) is 12.1 Å². The Labute approximate surface area is 155 Å². The number of rotatable bonds is 5. The number of benzene rings is 2. The molecule has 0 spiro atoms. The van der Waals surface area contributed by atoms with Gasteiger partial charge in [-0.05, 0) is 38.1 Å². The summed E-state index contributed by atoms with van der Waals surface area (Å²) in [7, 11) is 1.55. The molecule has 0 amide bonds. The van der Waals surface area contributed by atoms with Crippen LogP contribution in [0.25, 0.3) is 22.3 Å². The maximum atomic E-state index is 12.4. The Hall–Kier alpha value is -3.41. The van der Waals surface area contributed by atoms with Gasteiger partial charge in [0.15, 0.2) is 16.9 Å². The second-order valence-electron chi connectivity index (χ2n) is 6.27. The van der Waals surface area contributed by atoms with E-state index >= 15 is 0 Å². The zero-order chi connectivity index (χ0) is 19.6. The SMILES string of the molecule is COc1ccc(-c2cc(=O)c3c(O)cc(O)cc3o2)cc1OCC=C(C)C. The lowest BCUT2D eigenvalue weighted by Gasteiger charge is -2.11. The van der Waals surface area contributed by atoms with Gasteiger partial charge in [0.25, 0.3) is 0 Å². The minimum atomic E-state index is -0.411. The topological polar surface area (TPSA) is 89.1 Å². The van der Waals surface area contributed by atoms with Crippen LogP contribution in [0, 0.1) is 0 Å². The van der Waals surface area contributed by atoms with Gasteiger partial charge >= 0.3 is 0 Å². The van der Waals surface area contributed by atoms with E-state index in [-0.39, 0.29) is 28.2 Å². The van der Waals surface area contributed by atoms with E-state index in [0.717, 1.165) is 11.6 Å². The molecule has 6 nitrogen and oxygen atoms in total. The normalized spacial score (nSPS) is 10.6. The molecule has 0 aliphatic heterocycles. The number of allylic oxidation sites excluding steroid dienone is 1. The highest BCUT2D eigenvalue weighted by Crippen LogP contribution is 2.34. The summed E-state index contributed by atoms with van der Waals surface area (Å²) in [5, 5.41) is 19.6. The van der Waals surface area contributed by atoms with E-state index in [1.54, 1.807) is 25.3 Å². The van der Waals surface area contributed by atoms with Crippen LogP contribution in [-0.2, 0) is 0 Å². The minimum Gasteiger partial charge on any atom is -0.508 e. The Morgan fingerprint density at radius 2 is 1.89 bits per heavy atom. The smallest absolute Gasteiger partial charge is 0.197 e. The minimum absolute atomic E-state index is 0.0186. The van der Waals surface area contributed by atoms with Crippen LogP contribution in [0.4, 0.5) is 0 Å². The van der Waals surface area contributed by atoms with Gasteiger partial charge in [-0.3, -0.25) is 4.79 Å². The predicted octanol–water partition coefficient (Wildman–Crippen LogP) is 4.22. The van der Waals surface area contributed by atoms with Gasteiger partial charge in [-0.1, -0.05) is 5.57 Å². The van der Waals surface area contributed by atoms with Crippen LogP contribution in [0.5, 0.6) is 23.0 Å². The lowest BCUT2D eigenvalue weighted by molar-refractivity contribution is 0.326. The molecular formula is C21H20O6. The Balaban J connectivity index is 2.08. The first kappa shape index (κ1) is 18.4. The van der Waals surface area contributed by atoms with Crippen molar-refractivity contribution < 1.29 is 24.1 Å². The fraction of sp³-hybridized carbons (Fsp3) is 0.190. The van der Waals surface area contributed by atoms with Crippen molar-refractivity contribution in [1.82, 2.24) is 0 Å². The van der Waals surface area contributed by atoms with Gasteiger partial charge in [0.1, 0.15) is 34.8 Å². The van der Waals surface area contributed by atoms with Gasteiger partial charge < -0.3 is 24.1 Å². The maximum absolute atomic E-state index is 12.4. The molecule has 3 rings (SSSR count). The average molecular weight is 368 g/mol. The quantitative estimate of drug-likeness (QED) is 0.655. The van der Waals surface area contributed by atoms with Crippen LogP contribution >= 0.6 is 0 Å². The molecule has 0 atom stereocenters. The molecule has 0 saturated carbocycles. The summed E-state index contributed by atoms with van der Waals surface area (Å²) in [6, 6.07) is 8.85. The second-order valence-corrected chi connectivity index (χ2v) is 6.27. The summed E-state index contributed by atoms with van der Waals surface area (Å²) in [5.74, 6) is 0.826. The highest BCUT2D eigenvalue weighted by Gasteiger charge is 2.14. The molecule has 0 fully saturated rings. The van der Waals surface area contributed by atoms with E-state index in [9.17, 15) is 15.0 Å². The molecule has 27 heavy (non-hydrogen) atoms. The molecule has 1 aromatic heterocycles. The van der Waals surface area contributed by atoms with E-state index in [1.807, 2.05) is 19.9 Å². The fourth-order valence-electron chi connectivity index (χ4n) is 2.64. The van der Waals surface area contributed by atoms with Crippen LogP contribution in [-0.4, -0.2) is 23.9 Å². The van der Waals surface area contributed by atoms with Crippen molar-refractivity contribution in [3.05, 3.63) is 58.3 Å². The number of hydrogen-bond acceptors (Lipinski definition) is 6. The number of phenols is 2. The first-order valence-corrected chi connectivity index (χ1v) is 8.33. The lowest BCUT2D eigenvalue weighted by Crippen LogP contribution is -2.01. The third kappa shape index (κ3) is 3.89. The highest BCUT2D eigenvalue weighted by atomic mass is 16.5. The van der Waals surface area contributed by atoms with Crippen LogP contribution < -0.4 is 14.9 Å². The summed E-state index contributed by atoms with van der Waals surface area (Å²) in [4.78, 5) is 12.4. The second kappa shape index (κ2) is 7.45. The molecule has 0 bridgehead atoms. The monoisotopic (exact) mass is 368 g/mol. The van der Waals surface area contributed by atoms with Gasteiger partial charge in [0.05, 0.1) is 7.11 Å². The zero-order valence-corrected chi connectivity index (χ0v) is 15.3. The van der Waals surface area contributed by atoms with E-state index in [2.05, 4.69) is 0 Å². The van der Waals surface area contributed by atoms with Gasteiger partial charge in [-0.15, -0.1) is 0 Å². The molecule has 0 unspecified atom stereocenters. The van der Waals surface area contributed by atoms with Crippen LogP contribution in [0.15, 0.2) is 57.3 Å². The van der Waals surface area contributed by atoms with E-state index in [0.29, 0.717) is 23.7 Å². The summed E-state index contributed by atoms with van der Waals surface area (Å²) in [6.45, 7) is 4.34. The molecule has 0 saturated heterocycles. The van der Waals surface area contributed by atoms with E-state index in [4.69, 9.17) is 13.9 Å². The predicted molar refractivity (Wildman–Crippen MR) is 103 cm³/mol. The Morgan fingerprint density at radius 1 is 1.11 bits per heavy atom. The third-order valence-corrected chi connectivity index (χ3v) is 3.97. The Kier molecular flexibility index (Phi) is 5.07. The van der Waals surface area contributed by atoms with Crippen LogP contribution in [0.3, 0.4) is 0 Å². The summed E-state index contributed by atoms with van der Waals surface area (Å²) in [6.07, 6.45) is 1.94. The lowest BCUT2D eigenvalue weighted by atomic mass is 10.1. The Bertz CT molecular complexity index is 1070. The Morgan fingerprint density at radius 3 is 2.59 bits per heavy atom. The number of hydrogen-bond donors (Lipinski definition) is 2. The van der Waals surface area contributed by atoms with Crippen molar-refractivity contribution in [3.8, 4) is 34.3 Å². The summed E-state index contributed by atoms with van der Waals surface area (Å²) in [5.41, 5.74) is 1.42. The molecule has 0 aliphatic rings. The van der Waals surface area contributed by atoms with E-state index < -0.39 is 5.43 Å². The first-order chi connectivity index (χ1) is 12.9. The molecule has 2 N–H and O–H groups in total. The van der Waals surface area contributed by atoms with Crippen molar-refractivity contribution in [3.63, 3.8) is 0 Å². The van der Waals surface area contributed by atoms with Gasteiger partial charge in [0.2, 0.25) is 0 Å². The molecule has 0 radical (unpaired) electrons. The molecule has 3 aromatic rings. The maximum Gasteiger partial charge on any atom is 0.197 e. The standard InChI is InChI=1S/C21H20O6/c1-12(2)6-7-26-19-8-13(4-5-17(19)25-3)18-11-16(24)21-15(23)9-14(22)10-20(21)27-18/h4-6,8-11,22-23H,7H2,1-3H3. The largest absolute Gasteiger partial charge is 0.508 e. The molecule has 140 valence electrons. The van der Waals surface area contributed by atoms with Crippen molar-refractivity contribution >= 4 is 11.0 Å². The third-order valence-electron chi connectivity index (χ3n) is 3.97. The molecule has 1 heterocycles. The first-order valence-electron chi connectivity index (χ1n) is 8.33.